The van der Waals surface area contributed by atoms with Crippen LogP contribution in [0.5, 0.6) is 5.75 Å². The highest BCUT2D eigenvalue weighted by Gasteiger charge is 2.29. The Morgan fingerprint density at radius 2 is 1.54 bits per heavy atom. The fourth-order valence-electron chi connectivity index (χ4n) is 4.35. The third-order valence-electron chi connectivity index (χ3n) is 6.08. The number of carbonyl (C=O) groups excluding carboxylic acids is 1. The van der Waals surface area contributed by atoms with Gasteiger partial charge in [0.05, 0.1) is 6.10 Å². The summed E-state index contributed by atoms with van der Waals surface area (Å²) in [6.45, 7) is 3.50. The lowest BCUT2D eigenvalue weighted by Crippen LogP contribution is -2.49. The first-order valence-electron chi connectivity index (χ1n) is 10.2. The highest BCUT2D eigenvalue weighted by atomic mass is 16.3. The van der Waals surface area contributed by atoms with Crippen molar-refractivity contribution in [2.24, 2.45) is 0 Å². The van der Waals surface area contributed by atoms with E-state index in [1.54, 1.807) is 12.1 Å². The van der Waals surface area contributed by atoms with Crippen LogP contribution in [0.4, 0.5) is 0 Å². The number of phenols is 1. The van der Waals surface area contributed by atoms with Gasteiger partial charge in [-0.1, -0.05) is 24.3 Å². The molecule has 0 atom stereocenters. The number of likely N-dealkylation sites (tertiary alicyclic amines) is 2. The summed E-state index contributed by atoms with van der Waals surface area (Å²) in [5.74, 6) is 0.329. The Hall–Kier alpha value is -2.37. The van der Waals surface area contributed by atoms with Crippen LogP contribution in [0, 0.1) is 0 Å². The summed E-state index contributed by atoms with van der Waals surface area (Å²) in [7, 11) is 0. The first-order chi connectivity index (χ1) is 13.6. The maximum absolute atomic E-state index is 13.0. The molecule has 2 aromatic rings. The minimum Gasteiger partial charge on any atom is -0.508 e. The summed E-state index contributed by atoms with van der Waals surface area (Å²) in [6, 6.07) is 15.3. The van der Waals surface area contributed by atoms with Crippen molar-refractivity contribution in [1.82, 2.24) is 9.80 Å². The number of carbonyl (C=O) groups is 1. The zero-order chi connectivity index (χ0) is 19.5. The number of rotatable bonds is 3. The average molecular weight is 380 g/mol. The highest BCUT2D eigenvalue weighted by Crippen LogP contribution is 2.25. The molecule has 2 N–H and O–H groups in total. The van der Waals surface area contributed by atoms with Crippen LogP contribution in [-0.4, -0.2) is 64.2 Å². The van der Waals surface area contributed by atoms with Gasteiger partial charge in [0.15, 0.2) is 0 Å². The third-order valence-corrected chi connectivity index (χ3v) is 6.08. The van der Waals surface area contributed by atoms with Gasteiger partial charge < -0.3 is 20.0 Å². The van der Waals surface area contributed by atoms with Crippen LogP contribution in [0.25, 0.3) is 11.1 Å². The van der Waals surface area contributed by atoms with E-state index >= 15 is 0 Å². The number of phenolic OH excluding ortho intramolecular Hbond substituents is 1. The van der Waals surface area contributed by atoms with Gasteiger partial charge >= 0.3 is 0 Å². The Morgan fingerprint density at radius 1 is 0.857 bits per heavy atom. The Morgan fingerprint density at radius 3 is 2.21 bits per heavy atom. The molecule has 2 aliphatic heterocycles. The Kier molecular flexibility index (Phi) is 5.64. The van der Waals surface area contributed by atoms with E-state index in [4.69, 9.17) is 0 Å². The van der Waals surface area contributed by atoms with Crippen molar-refractivity contribution in [3.05, 3.63) is 54.1 Å². The van der Waals surface area contributed by atoms with Gasteiger partial charge in [-0.2, -0.15) is 0 Å². The Balaban J connectivity index is 1.39. The fourth-order valence-corrected chi connectivity index (χ4v) is 4.35. The molecule has 0 unspecified atom stereocenters. The predicted molar refractivity (Wildman–Crippen MR) is 109 cm³/mol. The summed E-state index contributed by atoms with van der Waals surface area (Å²) < 4.78 is 0. The van der Waals surface area contributed by atoms with Crippen molar-refractivity contribution < 1.29 is 15.0 Å². The molecule has 28 heavy (non-hydrogen) atoms. The topological polar surface area (TPSA) is 64.0 Å². The van der Waals surface area contributed by atoms with E-state index in [9.17, 15) is 15.0 Å². The SMILES string of the molecule is O=C(c1cccc(-c2ccc(O)cc2)c1)N1CCC(N2CCC(O)CC2)CC1. The van der Waals surface area contributed by atoms with Crippen LogP contribution < -0.4 is 0 Å². The predicted octanol–water partition coefficient (Wildman–Crippen LogP) is 3.12. The molecule has 0 bridgehead atoms. The number of nitrogens with zero attached hydrogens (tertiary/aromatic N) is 2. The van der Waals surface area contributed by atoms with E-state index in [2.05, 4.69) is 4.90 Å². The smallest absolute Gasteiger partial charge is 0.253 e. The zero-order valence-electron chi connectivity index (χ0n) is 16.1. The average Bonchev–Trinajstić information content (AvgIpc) is 2.74. The molecule has 2 aromatic carbocycles. The van der Waals surface area contributed by atoms with Crippen molar-refractivity contribution in [3.8, 4) is 16.9 Å². The summed E-state index contributed by atoms with van der Waals surface area (Å²) >= 11 is 0. The molecule has 0 aromatic heterocycles. The number of amides is 1. The number of hydrogen-bond donors (Lipinski definition) is 2. The van der Waals surface area contributed by atoms with Crippen molar-refractivity contribution in [2.75, 3.05) is 26.2 Å². The monoisotopic (exact) mass is 380 g/mol. The van der Waals surface area contributed by atoms with Crippen molar-refractivity contribution in [1.29, 1.82) is 0 Å². The van der Waals surface area contributed by atoms with E-state index in [1.807, 2.05) is 41.3 Å². The fraction of sp³-hybridized carbons (Fsp3) is 0.435. The van der Waals surface area contributed by atoms with Gasteiger partial charge in [0, 0.05) is 37.8 Å². The summed E-state index contributed by atoms with van der Waals surface area (Å²) in [5, 5.41) is 19.2. The molecule has 2 fully saturated rings. The number of aliphatic hydroxyl groups is 1. The molecular weight excluding hydrogens is 352 g/mol. The van der Waals surface area contributed by atoms with Crippen LogP contribution in [0.3, 0.4) is 0 Å². The van der Waals surface area contributed by atoms with Gasteiger partial charge in [0.1, 0.15) is 5.75 Å². The lowest BCUT2D eigenvalue weighted by atomic mass is 9.98. The molecule has 2 heterocycles. The van der Waals surface area contributed by atoms with Gasteiger partial charge in [-0.25, -0.2) is 0 Å². The summed E-state index contributed by atoms with van der Waals surface area (Å²) in [6.07, 6.45) is 3.59. The van der Waals surface area contributed by atoms with Gasteiger partial charge in [-0.3, -0.25) is 4.79 Å². The van der Waals surface area contributed by atoms with E-state index < -0.39 is 0 Å². The quantitative estimate of drug-likeness (QED) is 0.859. The third kappa shape index (κ3) is 4.21. The molecule has 4 rings (SSSR count). The number of piperidine rings is 2. The molecule has 2 aliphatic rings. The largest absolute Gasteiger partial charge is 0.508 e. The van der Waals surface area contributed by atoms with E-state index in [1.165, 1.54) is 0 Å². The molecule has 1 amide bonds. The first kappa shape index (κ1) is 19.0. The summed E-state index contributed by atoms with van der Waals surface area (Å²) in [4.78, 5) is 17.5. The van der Waals surface area contributed by atoms with Gasteiger partial charge in [0.2, 0.25) is 0 Å². The normalized spacial score (nSPS) is 19.7. The Bertz CT molecular complexity index is 805. The van der Waals surface area contributed by atoms with Crippen LogP contribution in [-0.2, 0) is 0 Å². The number of benzene rings is 2. The molecule has 148 valence electrons. The lowest BCUT2D eigenvalue weighted by molar-refractivity contribution is 0.0357. The van der Waals surface area contributed by atoms with Crippen LogP contribution >= 0.6 is 0 Å². The molecule has 0 aliphatic carbocycles. The molecule has 5 heteroatoms. The minimum atomic E-state index is -0.140. The molecule has 0 spiro atoms. The van der Waals surface area contributed by atoms with Crippen molar-refractivity contribution in [3.63, 3.8) is 0 Å². The lowest BCUT2D eigenvalue weighted by Gasteiger charge is -2.41. The molecule has 2 saturated heterocycles. The Labute approximate surface area is 166 Å². The zero-order valence-corrected chi connectivity index (χ0v) is 16.1. The first-order valence-corrected chi connectivity index (χ1v) is 10.2. The maximum atomic E-state index is 13.0. The van der Waals surface area contributed by atoms with Crippen LogP contribution in [0.2, 0.25) is 0 Å². The number of hydrogen-bond acceptors (Lipinski definition) is 4. The molecule has 5 nitrogen and oxygen atoms in total. The minimum absolute atomic E-state index is 0.0909. The summed E-state index contributed by atoms with van der Waals surface area (Å²) in [5.41, 5.74) is 2.68. The second-order valence-corrected chi connectivity index (χ2v) is 7.92. The van der Waals surface area contributed by atoms with Gasteiger partial charge in [-0.15, -0.1) is 0 Å². The van der Waals surface area contributed by atoms with E-state index in [0.29, 0.717) is 11.6 Å². The standard InChI is InChI=1S/C23H28N2O3/c26-21-6-4-17(5-7-21)18-2-1-3-19(16-18)23(28)25-12-8-20(9-13-25)24-14-10-22(27)11-15-24/h1-7,16,20,22,26-27H,8-15H2. The van der Waals surface area contributed by atoms with Crippen LogP contribution in [0.1, 0.15) is 36.0 Å². The van der Waals surface area contributed by atoms with Gasteiger partial charge in [0.25, 0.3) is 5.91 Å². The van der Waals surface area contributed by atoms with Gasteiger partial charge in [-0.05, 0) is 61.1 Å². The molecule has 0 saturated carbocycles. The second-order valence-electron chi connectivity index (χ2n) is 7.92. The number of aliphatic hydroxyl groups excluding tert-OH is 1. The van der Waals surface area contributed by atoms with Crippen LogP contribution in [0.15, 0.2) is 48.5 Å². The number of aromatic hydroxyl groups is 1. The molecular formula is C23H28N2O3. The van der Waals surface area contributed by atoms with E-state index in [-0.39, 0.29) is 17.8 Å². The van der Waals surface area contributed by atoms with Crippen molar-refractivity contribution >= 4 is 5.91 Å². The maximum Gasteiger partial charge on any atom is 0.253 e. The van der Waals surface area contributed by atoms with E-state index in [0.717, 1.165) is 63.0 Å². The highest BCUT2D eigenvalue weighted by molar-refractivity contribution is 5.95. The van der Waals surface area contributed by atoms with Crippen molar-refractivity contribution in [2.45, 2.75) is 37.8 Å². The molecule has 0 radical (unpaired) electrons. The second kappa shape index (κ2) is 8.33.